The summed E-state index contributed by atoms with van der Waals surface area (Å²) in [6, 6.07) is 67.8. The molecular formula is C48H32N2O2. The first kappa shape index (κ1) is 29.8. The first-order chi connectivity index (χ1) is 25.8. The lowest BCUT2D eigenvalue weighted by Crippen LogP contribution is -2.10. The molecule has 0 bridgehead atoms. The van der Waals surface area contributed by atoms with Gasteiger partial charge in [-0.05, 0) is 96.1 Å². The van der Waals surface area contributed by atoms with Crippen molar-refractivity contribution >= 4 is 78.0 Å². The van der Waals surface area contributed by atoms with Crippen molar-refractivity contribution in [3.8, 4) is 11.1 Å². The monoisotopic (exact) mass is 668 g/mol. The molecule has 2 aromatic heterocycles. The van der Waals surface area contributed by atoms with Crippen LogP contribution in [0.25, 0.3) is 55.0 Å². The quantitative estimate of drug-likeness (QED) is 0.169. The Bertz CT molecular complexity index is 2800. The first-order valence-electron chi connectivity index (χ1n) is 17.5. The van der Waals surface area contributed by atoms with E-state index in [4.69, 9.17) is 8.83 Å². The predicted molar refractivity (Wildman–Crippen MR) is 216 cm³/mol. The third-order valence-corrected chi connectivity index (χ3v) is 9.84. The second-order valence-electron chi connectivity index (χ2n) is 13.0. The van der Waals surface area contributed by atoms with Crippen LogP contribution < -0.4 is 9.80 Å². The second kappa shape index (κ2) is 12.4. The summed E-state index contributed by atoms with van der Waals surface area (Å²) in [6.07, 6.45) is 0. The van der Waals surface area contributed by atoms with Crippen LogP contribution in [0.15, 0.2) is 203 Å². The average Bonchev–Trinajstić information content (AvgIpc) is 3.78. The van der Waals surface area contributed by atoms with Gasteiger partial charge in [-0.1, -0.05) is 103 Å². The van der Waals surface area contributed by atoms with Crippen molar-refractivity contribution in [2.45, 2.75) is 0 Å². The van der Waals surface area contributed by atoms with Gasteiger partial charge in [0, 0.05) is 50.7 Å². The van der Waals surface area contributed by atoms with Crippen LogP contribution in [-0.4, -0.2) is 0 Å². The Morgan fingerprint density at radius 2 is 0.827 bits per heavy atom. The molecule has 246 valence electrons. The second-order valence-corrected chi connectivity index (χ2v) is 13.0. The Hall–Kier alpha value is -7.04. The largest absolute Gasteiger partial charge is 0.456 e. The lowest BCUT2D eigenvalue weighted by molar-refractivity contribution is 0.669. The molecule has 0 amide bonds. The zero-order chi connectivity index (χ0) is 34.4. The van der Waals surface area contributed by atoms with Gasteiger partial charge in [-0.2, -0.15) is 0 Å². The van der Waals surface area contributed by atoms with Crippen LogP contribution in [-0.2, 0) is 0 Å². The Kier molecular flexibility index (Phi) is 7.10. The van der Waals surface area contributed by atoms with Crippen molar-refractivity contribution < 1.29 is 8.83 Å². The average molecular weight is 669 g/mol. The first-order valence-corrected chi connectivity index (χ1v) is 17.5. The van der Waals surface area contributed by atoms with E-state index in [9.17, 15) is 0 Å². The Balaban J connectivity index is 1.13. The van der Waals surface area contributed by atoms with Gasteiger partial charge in [-0.25, -0.2) is 0 Å². The molecule has 0 aliphatic heterocycles. The summed E-state index contributed by atoms with van der Waals surface area (Å²) >= 11 is 0. The van der Waals surface area contributed by atoms with E-state index >= 15 is 0 Å². The van der Waals surface area contributed by atoms with Crippen LogP contribution in [0.3, 0.4) is 0 Å². The number of hydrogen-bond donors (Lipinski definition) is 0. The molecule has 0 aliphatic rings. The topological polar surface area (TPSA) is 32.8 Å². The van der Waals surface area contributed by atoms with E-state index in [-0.39, 0.29) is 0 Å². The fraction of sp³-hybridized carbons (Fsp3) is 0. The molecule has 8 aromatic carbocycles. The molecule has 10 rings (SSSR count). The van der Waals surface area contributed by atoms with E-state index in [1.165, 1.54) is 11.1 Å². The minimum atomic E-state index is 0.825. The van der Waals surface area contributed by atoms with Gasteiger partial charge in [0.1, 0.15) is 22.3 Å². The smallest absolute Gasteiger partial charge is 0.137 e. The maximum Gasteiger partial charge on any atom is 0.137 e. The van der Waals surface area contributed by atoms with Crippen LogP contribution >= 0.6 is 0 Å². The minimum Gasteiger partial charge on any atom is -0.456 e. The fourth-order valence-corrected chi connectivity index (χ4v) is 7.44. The summed E-state index contributed by atoms with van der Waals surface area (Å²) in [5.74, 6) is 0. The maximum atomic E-state index is 6.62. The highest BCUT2D eigenvalue weighted by Crippen LogP contribution is 2.45. The summed E-state index contributed by atoms with van der Waals surface area (Å²) < 4.78 is 13.0. The van der Waals surface area contributed by atoms with E-state index in [0.29, 0.717) is 0 Å². The molecule has 2 heterocycles. The minimum absolute atomic E-state index is 0.825. The maximum absolute atomic E-state index is 6.62. The Morgan fingerprint density at radius 3 is 1.58 bits per heavy atom. The van der Waals surface area contributed by atoms with Gasteiger partial charge < -0.3 is 18.6 Å². The van der Waals surface area contributed by atoms with Crippen LogP contribution in [0.4, 0.5) is 34.1 Å². The molecular weight excluding hydrogens is 637 g/mol. The van der Waals surface area contributed by atoms with Gasteiger partial charge >= 0.3 is 0 Å². The number of para-hydroxylation sites is 3. The fourth-order valence-electron chi connectivity index (χ4n) is 7.44. The summed E-state index contributed by atoms with van der Waals surface area (Å²) in [6.45, 7) is 0. The summed E-state index contributed by atoms with van der Waals surface area (Å²) in [5.41, 5.74) is 12.1. The van der Waals surface area contributed by atoms with E-state index in [1.807, 2.05) is 36.4 Å². The molecule has 0 radical (unpaired) electrons. The third kappa shape index (κ3) is 5.09. The van der Waals surface area contributed by atoms with Gasteiger partial charge in [0.25, 0.3) is 0 Å². The molecule has 0 unspecified atom stereocenters. The third-order valence-electron chi connectivity index (χ3n) is 9.84. The molecule has 0 saturated carbocycles. The molecule has 10 aromatic rings. The van der Waals surface area contributed by atoms with Gasteiger partial charge in [0.2, 0.25) is 0 Å². The molecule has 0 atom stereocenters. The van der Waals surface area contributed by atoms with E-state index in [1.54, 1.807) is 0 Å². The number of anilines is 6. The van der Waals surface area contributed by atoms with Crippen LogP contribution in [0, 0.1) is 0 Å². The van der Waals surface area contributed by atoms with Gasteiger partial charge in [-0.3, -0.25) is 0 Å². The number of nitrogens with zero attached hydrogens (tertiary/aromatic N) is 2. The van der Waals surface area contributed by atoms with Crippen molar-refractivity contribution in [2.24, 2.45) is 0 Å². The number of fused-ring (bicyclic) bond motifs is 6. The number of furan rings is 2. The van der Waals surface area contributed by atoms with Crippen molar-refractivity contribution in [1.82, 2.24) is 0 Å². The summed E-state index contributed by atoms with van der Waals surface area (Å²) in [7, 11) is 0. The van der Waals surface area contributed by atoms with Gasteiger partial charge in [-0.15, -0.1) is 0 Å². The zero-order valence-electron chi connectivity index (χ0n) is 28.2. The van der Waals surface area contributed by atoms with Crippen molar-refractivity contribution in [2.75, 3.05) is 9.80 Å². The lowest BCUT2D eigenvalue weighted by atomic mass is 10.0. The van der Waals surface area contributed by atoms with E-state index in [2.05, 4.69) is 168 Å². The highest BCUT2D eigenvalue weighted by Gasteiger charge is 2.21. The summed E-state index contributed by atoms with van der Waals surface area (Å²) in [5, 5.41) is 4.28. The molecule has 0 fully saturated rings. The van der Waals surface area contributed by atoms with Gasteiger partial charge in [0.05, 0.1) is 11.1 Å². The SMILES string of the molecule is c1ccc(-c2ccc(N(c3ccc4c(c3)oc3ccc(N(c5ccccc5)c5ccccc5)cc34)c3cccc4oc5ccccc5c34)cc2)cc1. The van der Waals surface area contributed by atoms with E-state index in [0.717, 1.165) is 78.0 Å². The number of hydrogen-bond acceptors (Lipinski definition) is 4. The zero-order valence-corrected chi connectivity index (χ0v) is 28.2. The molecule has 52 heavy (non-hydrogen) atoms. The highest BCUT2D eigenvalue weighted by molar-refractivity contribution is 6.14. The molecule has 0 saturated heterocycles. The molecule has 0 spiro atoms. The van der Waals surface area contributed by atoms with Crippen molar-refractivity contribution in [3.63, 3.8) is 0 Å². The highest BCUT2D eigenvalue weighted by atomic mass is 16.3. The van der Waals surface area contributed by atoms with Crippen molar-refractivity contribution in [1.29, 1.82) is 0 Å². The molecule has 4 heteroatoms. The van der Waals surface area contributed by atoms with Crippen LogP contribution in [0.5, 0.6) is 0 Å². The molecule has 0 aliphatic carbocycles. The Labute approximate surface area is 301 Å². The molecule has 4 nitrogen and oxygen atoms in total. The lowest BCUT2D eigenvalue weighted by Gasteiger charge is -2.26. The Morgan fingerprint density at radius 1 is 0.288 bits per heavy atom. The summed E-state index contributed by atoms with van der Waals surface area (Å²) in [4.78, 5) is 4.59. The molecule has 0 N–H and O–H groups in total. The standard InChI is InChI=1S/C48H32N2O2/c1-4-13-33(14-5-1)34-23-25-37(26-24-34)50(43-20-12-22-46-48(43)41-19-10-11-21-44(41)51-46)39-27-29-40-42-31-38(28-30-45(42)52-47(40)32-39)49(35-15-6-2-7-16-35)36-17-8-3-9-18-36/h1-32H. The number of benzene rings is 8. The normalized spacial score (nSPS) is 11.5. The number of rotatable bonds is 7. The van der Waals surface area contributed by atoms with Crippen molar-refractivity contribution in [3.05, 3.63) is 194 Å². The predicted octanol–water partition coefficient (Wildman–Crippen LogP) is 14.1. The van der Waals surface area contributed by atoms with E-state index < -0.39 is 0 Å². The van der Waals surface area contributed by atoms with Crippen LogP contribution in [0.1, 0.15) is 0 Å². The van der Waals surface area contributed by atoms with Crippen LogP contribution in [0.2, 0.25) is 0 Å². The van der Waals surface area contributed by atoms with Gasteiger partial charge in [0.15, 0.2) is 0 Å².